The van der Waals surface area contributed by atoms with E-state index in [0.717, 1.165) is 38.8 Å². The van der Waals surface area contributed by atoms with Gasteiger partial charge in [0.25, 0.3) is 5.91 Å². The molecule has 0 aromatic rings. The number of imide groups is 1. The van der Waals surface area contributed by atoms with Crippen LogP contribution in [0.15, 0.2) is 0 Å². The van der Waals surface area contributed by atoms with Crippen LogP contribution in [0.5, 0.6) is 0 Å². The summed E-state index contributed by atoms with van der Waals surface area (Å²) >= 11 is 0. The SMILES string of the molecule is C[C@H]1CCCC[C@@]12NC(=O)N(CN1CCCCC1)C2=O. The molecule has 0 aromatic carbocycles. The summed E-state index contributed by atoms with van der Waals surface area (Å²) in [4.78, 5) is 28.7. The Hall–Kier alpha value is -1.10. The molecule has 0 radical (unpaired) electrons. The highest BCUT2D eigenvalue weighted by molar-refractivity contribution is 6.07. The van der Waals surface area contributed by atoms with Crippen molar-refractivity contribution in [1.29, 1.82) is 0 Å². The lowest BCUT2D eigenvalue weighted by Gasteiger charge is -2.37. The van der Waals surface area contributed by atoms with Crippen molar-refractivity contribution in [2.45, 2.75) is 57.4 Å². The van der Waals surface area contributed by atoms with Crippen molar-refractivity contribution in [3.63, 3.8) is 0 Å². The molecular weight excluding hydrogens is 254 g/mol. The largest absolute Gasteiger partial charge is 0.326 e. The van der Waals surface area contributed by atoms with Gasteiger partial charge in [0.05, 0.1) is 6.67 Å². The summed E-state index contributed by atoms with van der Waals surface area (Å²) < 4.78 is 0. The van der Waals surface area contributed by atoms with E-state index < -0.39 is 5.54 Å². The van der Waals surface area contributed by atoms with Crippen LogP contribution in [-0.4, -0.2) is 47.0 Å². The maximum atomic E-state index is 12.8. The van der Waals surface area contributed by atoms with Crippen molar-refractivity contribution in [3.8, 4) is 0 Å². The van der Waals surface area contributed by atoms with Crippen LogP contribution in [-0.2, 0) is 4.79 Å². The molecule has 0 aromatic heterocycles. The molecule has 1 N–H and O–H groups in total. The first-order chi connectivity index (χ1) is 9.63. The molecule has 3 fully saturated rings. The topological polar surface area (TPSA) is 52.7 Å². The van der Waals surface area contributed by atoms with Gasteiger partial charge in [0.15, 0.2) is 0 Å². The fourth-order valence-corrected chi connectivity index (χ4v) is 3.92. The minimum atomic E-state index is -0.606. The zero-order valence-corrected chi connectivity index (χ0v) is 12.4. The number of hydrogen-bond acceptors (Lipinski definition) is 3. The monoisotopic (exact) mass is 279 g/mol. The molecule has 1 saturated carbocycles. The smallest absolute Gasteiger partial charge is 0.323 e. The first-order valence-corrected chi connectivity index (χ1v) is 8.00. The second-order valence-corrected chi connectivity index (χ2v) is 6.60. The molecule has 2 aliphatic heterocycles. The second kappa shape index (κ2) is 5.35. The quantitative estimate of drug-likeness (QED) is 0.786. The summed E-state index contributed by atoms with van der Waals surface area (Å²) in [6.07, 6.45) is 7.64. The average molecular weight is 279 g/mol. The molecule has 1 aliphatic carbocycles. The second-order valence-electron chi connectivity index (χ2n) is 6.60. The van der Waals surface area contributed by atoms with E-state index in [1.165, 1.54) is 24.2 Å². The predicted molar refractivity (Wildman–Crippen MR) is 76.0 cm³/mol. The normalized spacial score (nSPS) is 35.6. The van der Waals surface area contributed by atoms with Crippen LogP contribution in [0.3, 0.4) is 0 Å². The number of carbonyl (C=O) groups excluding carboxylic acids is 2. The number of nitrogens with one attached hydrogen (secondary N) is 1. The molecule has 3 amide bonds. The van der Waals surface area contributed by atoms with Gasteiger partial charge in [0, 0.05) is 0 Å². The molecule has 0 bridgehead atoms. The van der Waals surface area contributed by atoms with Crippen LogP contribution in [0, 0.1) is 5.92 Å². The maximum Gasteiger partial charge on any atom is 0.326 e. The van der Waals surface area contributed by atoms with Crippen LogP contribution in [0.4, 0.5) is 4.79 Å². The van der Waals surface area contributed by atoms with Crippen molar-refractivity contribution >= 4 is 11.9 Å². The Morgan fingerprint density at radius 1 is 1.15 bits per heavy atom. The molecule has 1 spiro atoms. The standard InChI is InChI=1S/C15H25N3O2/c1-12-7-3-4-8-15(12)13(19)18(14(20)16-15)11-17-9-5-2-6-10-17/h12H,2-11H2,1H3,(H,16,20)/t12-,15+/m0/s1. The lowest BCUT2D eigenvalue weighted by molar-refractivity contribution is -0.135. The van der Waals surface area contributed by atoms with Crippen LogP contribution < -0.4 is 5.32 Å². The number of rotatable bonds is 2. The molecule has 2 atom stereocenters. The molecule has 2 saturated heterocycles. The summed E-state index contributed by atoms with van der Waals surface area (Å²) in [6, 6.07) is -0.186. The third-order valence-corrected chi connectivity index (χ3v) is 5.29. The number of carbonyl (C=O) groups is 2. The van der Waals surface area contributed by atoms with Gasteiger partial charge in [-0.2, -0.15) is 0 Å². The highest BCUT2D eigenvalue weighted by Gasteiger charge is 2.54. The molecular formula is C15H25N3O2. The van der Waals surface area contributed by atoms with E-state index in [-0.39, 0.29) is 17.9 Å². The Morgan fingerprint density at radius 3 is 2.60 bits per heavy atom. The third kappa shape index (κ3) is 2.22. The molecule has 3 rings (SSSR count). The van der Waals surface area contributed by atoms with Crippen LogP contribution in [0.25, 0.3) is 0 Å². The van der Waals surface area contributed by atoms with E-state index in [2.05, 4.69) is 17.1 Å². The lowest BCUT2D eigenvalue weighted by Crippen LogP contribution is -2.54. The van der Waals surface area contributed by atoms with E-state index in [1.54, 1.807) is 0 Å². The third-order valence-electron chi connectivity index (χ3n) is 5.29. The maximum absolute atomic E-state index is 12.8. The van der Waals surface area contributed by atoms with E-state index >= 15 is 0 Å². The average Bonchev–Trinajstić information content (AvgIpc) is 2.69. The zero-order valence-electron chi connectivity index (χ0n) is 12.4. The van der Waals surface area contributed by atoms with E-state index in [1.807, 2.05) is 0 Å². The molecule has 3 aliphatic rings. The Labute approximate surface area is 120 Å². The predicted octanol–water partition coefficient (Wildman–Crippen LogP) is 1.93. The minimum absolute atomic E-state index is 0.0141. The highest BCUT2D eigenvalue weighted by Crippen LogP contribution is 2.38. The fourth-order valence-electron chi connectivity index (χ4n) is 3.92. The van der Waals surface area contributed by atoms with Gasteiger partial charge in [-0.05, 0) is 44.7 Å². The van der Waals surface area contributed by atoms with Gasteiger partial charge in [-0.1, -0.05) is 26.2 Å². The molecule has 112 valence electrons. The Kier molecular flexibility index (Phi) is 3.71. The number of piperidine rings is 1. The zero-order chi connectivity index (χ0) is 14.2. The minimum Gasteiger partial charge on any atom is -0.323 e. The number of nitrogens with zero attached hydrogens (tertiary/aromatic N) is 2. The van der Waals surface area contributed by atoms with E-state index in [9.17, 15) is 9.59 Å². The first-order valence-electron chi connectivity index (χ1n) is 8.00. The van der Waals surface area contributed by atoms with E-state index in [0.29, 0.717) is 6.67 Å². The summed E-state index contributed by atoms with van der Waals surface area (Å²) in [5, 5.41) is 3.02. The van der Waals surface area contributed by atoms with Gasteiger partial charge in [-0.15, -0.1) is 0 Å². The highest BCUT2D eigenvalue weighted by atomic mass is 16.2. The van der Waals surface area contributed by atoms with Crippen LogP contribution >= 0.6 is 0 Å². The number of hydrogen-bond donors (Lipinski definition) is 1. The van der Waals surface area contributed by atoms with E-state index in [4.69, 9.17) is 0 Å². The van der Waals surface area contributed by atoms with Crippen molar-refractivity contribution in [2.24, 2.45) is 5.92 Å². The molecule has 20 heavy (non-hydrogen) atoms. The van der Waals surface area contributed by atoms with Gasteiger partial charge in [0.2, 0.25) is 0 Å². The molecule has 2 heterocycles. The van der Waals surface area contributed by atoms with Crippen LogP contribution in [0.1, 0.15) is 51.9 Å². The van der Waals surface area contributed by atoms with Crippen molar-refractivity contribution in [2.75, 3.05) is 19.8 Å². The summed E-state index contributed by atoms with van der Waals surface area (Å²) in [6.45, 7) is 4.57. The van der Waals surface area contributed by atoms with Gasteiger partial charge in [-0.25, -0.2) is 9.69 Å². The van der Waals surface area contributed by atoms with Crippen molar-refractivity contribution in [3.05, 3.63) is 0 Å². The van der Waals surface area contributed by atoms with Gasteiger partial charge < -0.3 is 5.32 Å². The van der Waals surface area contributed by atoms with Crippen molar-refractivity contribution < 1.29 is 9.59 Å². The van der Waals surface area contributed by atoms with Gasteiger partial charge in [-0.3, -0.25) is 9.69 Å². The number of amides is 3. The molecule has 5 heteroatoms. The summed E-state index contributed by atoms with van der Waals surface area (Å²) in [5.74, 6) is 0.263. The molecule has 0 unspecified atom stereocenters. The fraction of sp³-hybridized carbons (Fsp3) is 0.867. The van der Waals surface area contributed by atoms with Crippen LogP contribution in [0.2, 0.25) is 0 Å². The summed E-state index contributed by atoms with van der Waals surface area (Å²) in [5.41, 5.74) is -0.606. The number of likely N-dealkylation sites (tertiary alicyclic amines) is 1. The first kappa shape index (κ1) is 13.9. The summed E-state index contributed by atoms with van der Waals surface area (Å²) in [7, 11) is 0. The number of urea groups is 1. The van der Waals surface area contributed by atoms with Gasteiger partial charge in [0.1, 0.15) is 5.54 Å². The van der Waals surface area contributed by atoms with Gasteiger partial charge >= 0.3 is 6.03 Å². The molecule has 5 nitrogen and oxygen atoms in total. The van der Waals surface area contributed by atoms with Crippen molar-refractivity contribution in [1.82, 2.24) is 15.1 Å². The lowest BCUT2D eigenvalue weighted by atomic mass is 9.73. The Morgan fingerprint density at radius 2 is 1.90 bits per heavy atom. The Bertz CT molecular complexity index is 406. The Balaban J connectivity index is 1.72.